The van der Waals surface area contributed by atoms with Gasteiger partial charge in [-0.15, -0.1) is 0 Å². The van der Waals surface area contributed by atoms with Crippen molar-refractivity contribution in [3.63, 3.8) is 0 Å². The number of nitrogens with zero attached hydrogens (tertiary/aromatic N) is 1. The van der Waals surface area contributed by atoms with Crippen molar-refractivity contribution in [3.05, 3.63) is 0 Å². The average molecular weight is 192 g/mol. The molecular formula is C8H14F2N2O. The van der Waals surface area contributed by atoms with Gasteiger partial charge in [-0.05, 0) is 19.8 Å². The summed E-state index contributed by atoms with van der Waals surface area (Å²) in [7, 11) is 0. The van der Waals surface area contributed by atoms with E-state index < -0.39 is 12.5 Å². The molecule has 1 fully saturated rings. The molecule has 1 aliphatic rings. The molecule has 1 atom stereocenters. The fraction of sp³-hybridized carbons (Fsp3) is 0.875. The van der Waals surface area contributed by atoms with Crippen LogP contribution in [0.1, 0.15) is 19.8 Å². The van der Waals surface area contributed by atoms with Crippen LogP contribution in [0.4, 0.5) is 13.6 Å². The summed E-state index contributed by atoms with van der Waals surface area (Å²) in [6.07, 6.45) is -0.556. The van der Waals surface area contributed by atoms with Crippen molar-refractivity contribution in [3.8, 4) is 0 Å². The van der Waals surface area contributed by atoms with Crippen molar-refractivity contribution in [2.24, 2.45) is 0 Å². The maximum Gasteiger partial charge on any atom is 0.317 e. The highest BCUT2D eigenvalue weighted by atomic mass is 19.3. The second kappa shape index (κ2) is 4.39. The molecule has 0 aromatic heterocycles. The minimum absolute atomic E-state index is 0.370. The molecule has 0 aliphatic carbocycles. The number of likely N-dealkylation sites (tertiary alicyclic amines) is 1. The number of alkyl halides is 2. The van der Waals surface area contributed by atoms with E-state index >= 15 is 0 Å². The molecule has 0 aromatic carbocycles. The fourth-order valence-electron chi connectivity index (χ4n) is 1.27. The van der Waals surface area contributed by atoms with Gasteiger partial charge in [0, 0.05) is 13.1 Å². The molecule has 3 nitrogen and oxygen atoms in total. The van der Waals surface area contributed by atoms with Crippen LogP contribution < -0.4 is 5.32 Å². The van der Waals surface area contributed by atoms with E-state index in [0.717, 1.165) is 12.8 Å². The van der Waals surface area contributed by atoms with Crippen LogP contribution in [0.3, 0.4) is 0 Å². The zero-order chi connectivity index (χ0) is 9.84. The zero-order valence-electron chi connectivity index (χ0n) is 7.59. The van der Waals surface area contributed by atoms with Crippen LogP contribution in [0, 0.1) is 0 Å². The number of hydrogen-bond donors (Lipinski definition) is 1. The van der Waals surface area contributed by atoms with Crippen molar-refractivity contribution < 1.29 is 13.6 Å². The van der Waals surface area contributed by atoms with E-state index in [-0.39, 0.29) is 6.03 Å². The van der Waals surface area contributed by atoms with E-state index in [1.54, 1.807) is 4.90 Å². The van der Waals surface area contributed by atoms with Crippen LogP contribution in [-0.4, -0.2) is 36.5 Å². The second-order valence-electron chi connectivity index (χ2n) is 3.27. The van der Waals surface area contributed by atoms with Crippen molar-refractivity contribution in [2.75, 3.05) is 13.1 Å². The SMILES string of the molecule is CC(NC(=O)N1CCCC1)C(F)F. The Hall–Kier alpha value is -0.870. The lowest BCUT2D eigenvalue weighted by atomic mass is 10.3. The fourth-order valence-corrected chi connectivity index (χ4v) is 1.27. The van der Waals surface area contributed by atoms with Gasteiger partial charge in [0.25, 0.3) is 6.43 Å². The summed E-state index contributed by atoms with van der Waals surface area (Å²) in [5.74, 6) is 0. The van der Waals surface area contributed by atoms with Crippen LogP contribution in [0.15, 0.2) is 0 Å². The number of urea groups is 1. The van der Waals surface area contributed by atoms with E-state index in [2.05, 4.69) is 5.32 Å². The largest absolute Gasteiger partial charge is 0.330 e. The topological polar surface area (TPSA) is 32.3 Å². The highest BCUT2D eigenvalue weighted by molar-refractivity contribution is 5.74. The maximum atomic E-state index is 12.0. The molecular weight excluding hydrogens is 178 g/mol. The Kier molecular flexibility index (Phi) is 3.45. The lowest BCUT2D eigenvalue weighted by Crippen LogP contribution is -2.45. The quantitative estimate of drug-likeness (QED) is 0.705. The van der Waals surface area contributed by atoms with Crippen molar-refractivity contribution in [1.29, 1.82) is 0 Å². The van der Waals surface area contributed by atoms with Gasteiger partial charge in [0.2, 0.25) is 0 Å². The third kappa shape index (κ3) is 2.82. The monoisotopic (exact) mass is 192 g/mol. The first-order chi connectivity index (χ1) is 6.11. The summed E-state index contributed by atoms with van der Waals surface area (Å²) in [5.41, 5.74) is 0. The minimum Gasteiger partial charge on any atom is -0.330 e. The maximum absolute atomic E-state index is 12.0. The minimum atomic E-state index is -2.49. The highest BCUT2D eigenvalue weighted by Crippen LogP contribution is 2.08. The first kappa shape index (κ1) is 10.2. The Morgan fingerprint density at radius 2 is 1.92 bits per heavy atom. The number of rotatable bonds is 2. The van der Waals surface area contributed by atoms with Crippen molar-refractivity contribution in [1.82, 2.24) is 10.2 Å². The van der Waals surface area contributed by atoms with Crippen LogP contribution in [-0.2, 0) is 0 Å². The highest BCUT2D eigenvalue weighted by Gasteiger charge is 2.22. The molecule has 0 radical (unpaired) electrons. The van der Waals surface area contributed by atoms with Crippen LogP contribution in [0.2, 0.25) is 0 Å². The van der Waals surface area contributed by atoms with Gasteiger partial charge in [0.05, 0.1) is 6.04 Å². The molecule has 0 aromatic rings. The van der Waals surface area contributed by atoms with Gasteiger partial charge in [0.1, 0.15) is 0 Å². The predicted octanol–water partition coefficient (Wildman–Crippen LogP) is 1.45. The number of hydrogen-bond acceptors (Lipinski definition) is 1. The number of amides is 2. The smallest absolute Gasteiger partial charge is 0.317 e. The third-order valence-corrected chi connectivity index (χ3v) is 2.12. The van der Waals surface area contributed by atoms with Gasteiger partial charge < -0.3 is 10.2 Å². The molecule has 1 saturated heterocycles. The molecule has 1 aliphatic heterocycles. The van der Waals surface area contributed by atoms with Gasteiger partial charge in [-0.2, -0.15) is 0 Å². The Bertz CT molecular complexity index is 181. The summed E-state index contributed by atoms with van der Waals surface area (Å²) in [6, 6.07) is -1.43. The number of halogens is 2. The van der Waals surface area contributed by atoms with Crippen molar-refractivity contribution in [2.45, 2.75) is 32.2 Å². The molecule has 1 heterocycles. The van der Waals surface area contributed by atoms with Crippen LogP contribution in [0.5, 0.6) is 0 Å². The van der Waals surface area contributed by atoms with Gasteiger partial charge in [-0.3, -0.25) is 0 Å². The Morgan fingerprint density at radius 3 is 2.38 bits per heavy atom. The molecule has 1 unspecified atom stereocenters. The molecule has 76 valence electrons. The number of carbonyl (C=O) groups is 1. The van der Waals surface area contributed by atoms with Crippen LogP contribution in [0.25, 0.3) is 0 Å². The molecule has 1 rings (SSSR count). The zero-order valence-corrected chi connectivity index (χ0v) is 7.59. The second-order valence-corrected chi connectivity index (χ2v) is 3.27. The number of carbonyl (C=O) groups excluding carboxylic acids is 1. The Balaban J connectivity index is 2.31. The summed E-state index contributed by atoms with van der Waals surface area (Å²) >= 11 is 0. The summed E-state index contributed by atoms with van der Waals surface area (Å²) in [6.45, 7) is 2.67. The molecule has 0 spiro atoms. The Morgan fingerprint density at radius 1 is 1.38 bits per heavy atom. The number of nitrogens with one attached hydrogen (secondary N) is 1. The predicted molar refractivity (Wildman–Crippen MR) is 44.8 cm³/mol. The first-order valence-electron chi connectivity index (χ1n) is 4.45. The molecule has 0 saturated carbocycles. The Labute approximate surface area is 76.1 Å². The molecule has 0 bridgehead atoms. The van der Waals surface area contributed by atoms with Crippen molar-refractivity contribution >= 4 is 6.03 Å². The van der Waals surface area contributed by atoms with Gasteiger partial charge >= 0.3 is 6.03 Å². The van der Waals surface area contributed by atoms with Gasteiger partial charge in [-0.25, -0.2) is 13.6 Å². The summed E-state index contributed by atoms with van der Waals surface area (Å²) in [4.78, 5) is 12.8. The summed E-state index contributed by atoms with van der Waals surface area (Å²) in [5, 5.41) is 2.26. The van der Waals surface area contributed by atoms with Crippen LogP contribution >= 0.6 is 0 Å². The van der Waals surface area contributed by atoms with E-state index in [4.69, 9.17) is 0 Å². The summed E-state index contributed by atoms with van der Waals surface area (Å²) < 4.78 is 24.1. The lowest BCUT2D eigenvalue weighted by molar-refractivity contribution is 0.105. The molecule has 13 heavy (non-hydrogen) atoms. The third-order valence-electron chi connectivity index (χ3n) is 2.12. The first-order valence-corrected chi connectivity index (χ1v) is 4.45. The lowest BCUT2D eigenvalue weighted by Gasteiger charge is -2.19. The molecule has 1 N–H and O–H groups in total. The molecule has 5 heteroatoms. The van der Waals surface area contributed by atoms with E-state index in [0.29, 0.717) is 13.1 Å². The van der Waals surface area contributed by atoms with E-state index in [9.17, 15) is 13.6 Å². The van der Waals surface area contributed by atoms with E-state index in [1.165, 1.54) is 6.92 Å². The normalized spacial score (nSPS) is 19.2. The average Bonchev–Trinajstić information content (AvgIpc) is 2.55. The molecule has 2 amide bonds. The van der Waals surface area contributed by atoms with E-state index in [1.807, 2.05) is 0 Å². The van der Waals surface area contributed by atoms with Gasteiger partial charge in [0.15, 0.2) is 0 Å². The van der Waals surface area contributed by atoms with Gasteiger partial charge in [-0.1, -0.05) is 0 Å². The standard InChI is InChI=1S/C8H14F2N2O/c1-6(7(9)10)11-8(13)12-4-2-3-5-12/h6-7H,2-5H2,1H3,(H,11,13).